The van der Waals surface area contributed by atoms with E-state index in [-0.39, 0.29) is 0 Å². The number of aryl methyl sites for hydroxylation is 1. The van der Waals surface area contributed by atoms with Crippen LogP contribution < -0.4 is 0 Å². The van der Waals surface area contributed by atoms with Crippen LogP contribution in [0, 0.1) is 6.92 Å². The maximum absolute atomic E-state index is 5.85. The molecule has 1 N–H and O–H groups in total. The third kappa shape index (κ3) is 2.13. The maximum atomic E-state index is 5.85. The second-order valence-electron chi connectivity index (χ2n) is 5.18. The number of aromatic amines is 1. The number of benzene rings is 2. The van der Waals surface area contributed by atoms with Crippen LogP contribution in [0.15, 0.2) is 65.1 Å². The largest absolute Gasteiger partial charge is 0.454 e. The SMILES string of the molecule is Cc1ccc(-c2cc(-c3cc4ccccc4o3)[nH]n2)cc1. The predicted octanol–water partition coefficient (Wildman–Crippen LogP) is 4.80. The van der Waals surface area contributed by atoms with E-state index in [9.17, 15) is 0 Å². The van der Waals surface area contributed by atoms with Gasteiger partial charge in [0.05, 0.1) is 5.69 Å². The van der Waals surface area contributed by atoms with Crippen molar-refractivity contribution in [1.82, 2.24) is 10.2 Å². The molecule has 0 aliphatic rings. The Labute approximate surface area is 122 Å². The third-order valence-electron chi connectivity index (χ3n) is 3.62. The van der Waals surface area contributed by atoms with Crippen LogP contribution in [0.5, 0.6) is 0 Å². The first-order chi connectivity index (χ1) is 10.3. The van der Waals surface area contributed by atoms with E-state index in [1.54, 1.807) is 0 Å². The molecule has 3 nitrogen and oxygen atoms in total. The van der Waals surface area contributed by atoms with Crippen LogP contribution in [0.2, 0.25) is 0 Å². The number of furan rings is 1. The Kier molecular flexibility index (Phi) is 2.64. The van der Waals surface area contributed by atoms with Crippen molar-refractivity contribution < 1.29 is 4.42 Å². The highest BCUT2D eigenvalue weighted by Crippen LogP contribution is 2.29. The van der Waals surface area contributed by atoms with E-state index in [2.05, 4.69) is 41.4 Å². The molecular formula is C18H14N2O. The van der Waals surface area contributed by atoms with Gasteiger partial charge in [0, 0.05) is 10.9 Å². The molecule has 102 valence electrons. The average Bonchev–Trinajstić information content (AvgIpc) is 3.14. The van der Waals surface area contributed by atoms with Crippen molar-refractivity contribution in [2.24, 2.45) is 0 Å². The average molecular weight is 274 g/mol. The molecule has 2 aromatic heterocycles. The zero-order valence-corrected chi connectivity index (χ0v) is 11.6. The van der Waals surface area contributed by atoms with Crippen molar-refractivity contribution in [2.75, 3.05) is 0 Å². The van der Waals surface area contributed by atoms with Crippen LogP contribution in [-0.2, 0) is 0 Å². The number of nitrogens with one attached hydrogen (secondary N) is 1. The Morgan fingerprint density at radius 1 is 0.952 bits per heavy atom. The van der Waals surface area contributed by atoms with Crippen molar-refractivity contribution >= 4 is 11.0 Å². The van der Waals surface area contributed by atoms with E-state index < -0.39 is 0 Å². The Balaban J connectivity index is 1.75. The summed E-state index contributed by atoms with van der Waals surface area (Å²) < 4.78 is 5.85. The number of aromatic nitrogens is 2. The molecule has 0 aliphatic carbocycles. The van der Waals surface area contributed by atoms with Crippen LogP contribution in [0.1, 0.15) is 5.56 Å². The van der Waals surface area contributed by atoms with Gasteiger partial charge in [0.2, 0.25) is 0 Å². The van der Waals surface area contributed by atoms with E-state index >= 15 is 0 Å². The van der Waals surface area contributed by atoms with E-state index in [4.69, 9.17) is 4.42 Å². The molecule has 3 heteroatoms. The fourth-order valence-electron chi connectivity index (χ4n) is 2.43. The quantitative estimate of drug-likeness (QED) is 0.570. The summed E-state index contributed by atoms with van der Waals surface area (Å²) in [6, 6.07) is 20.4. The predicted molar refractivity (Wildman–Crippen MR) is 84.0 cm³/mol. The fraction of sp³-hybridized carbons (Fsp3) is 0.0556. The highest BCUT2D eigenvalue weighted by molar-refractivity contribution is 5.82. The minimum Gasteiger partial charge on any atom is -0.454 e. The Morgan fingerprint density at radius 2 is 1.76 bits per heavy atom. The van der Waals surface area contributed by atoms with Crippen molar-refractivity contribution in [1.29, 1.82) is 0 Å². The summed E-state index contributed by atoms with van der Waals surface area (Å²) in [5, 5.41) is 8.53. The second-order valence-corrected chi connectivity index (χ2v) is 5.18. The van der Waals surface area contributed by atoms with E-state index in [0.717, 1.165) is 33.7 Å². The van der Waals surface area contributed by atoms with Crippen LogP contribution in [0.4, 0.5) is 0 Å². The molecule has 0 unspecified atom stereocenters. The molecule has 4 rings (SSSR count). The lowest BCUT2D eigenvalue weighted by molar-refractivity contribution is 0.628. The van der Waals surface area contributed by atoms with Gasteiger partial charge < -0.3 is 4.42 Å². The molecule has 0 spiro atoms. The minimum absolute atomic E-state index is 0.807. The number of rotatable bonds is 2. The first-order valence-corrected chi connectivity index (χ1v) is 6.91. The number of hydrogen-bond donors (Lipinski definition) is 1. The van der Waals surface area contributed by atoms with E-state index in [1.165, 1.54) is 5.56 Å². The van der Waals surface area contributed by atoms with Crippen LogP contribution >= 0.6 is 0 Å². The summed E-state index contributed by atoms with van der Waals surface area (Å²) in [7, 11) is 0. The molecule has 2 aromatic carbocycles. The number of nitrogens with zero attached hydrogens (tertiary/aromatic N) is 1. The summed E-state index contributed by atoms with van der Waals surface area (Å²) in [5.74, 6) is 0.807. The lowest BCUT2D eigenvalue weighted by atomic mass is 10.1. The van der Waals surface area contributed by atoms with Crippen molar-refractivity contribution in [2.45, 2.75) is 6.92 Å². The molecule has 0 bridgehead atoms. The first kappa shape index (κ1) is 12.0. The Hall–Kier alpha value is -2.81. The van der Waals surface area contributed by atoms with Gasteiger partial charge in [-0.05, 0) is 25.1 Å². The fourth-order valence-corrected chi connectivity index (χ4v) is 2.43. The van der Waals surface area contributed by atoms with Gasteiger partial charge in [-0.2, -0.15) is 5.10 Å². The lowest BCUT2D eigenvalue weighted by Gasteiger charge is -1.96. The molecule has 0 amide bonds. The van der Waals surface area contributed by atoms with Gasteiger partial charge in [0.15, 0.2) is 5.76 Å². The molecule has 2 heterocycles. The summed E-state index contributed by atoms with van der Waals surface area (Å²) in [4.78, 5) is 0. The molecule has 0 atom stereocenters. The molecular weight excluding hydrogens is 260 g/mol. The highest BCUT2D eigenvalue weighted by atomic mass is 16.3. The van der Waals surface area contributed by atoms with Gasteiger partial charge in [-0.25, -0.2) is 0 Å². The minimum atomic E-state index is 0.807. The van der Waals surface area contributed by atoms with Gasteiger partial charge >= 0.3 is 0 Å². The Morgan fingerprint density at radius 3 is 2.57 bits per heavy atom. The van der Waals surface area contributed by atoms with Gasteiger partial charge in [-0.1, -0.05) is 48.0 Å². The van der Waals surface area contributed by atoms with Crippen LogP contribution in [-0.4, -0.2) is 10.2 Å². The maximum Gasteiger partial charge on any atom is 0.153 e. The van der Waals surface area contributed by atoms with E-state index in [1.807, 2.05) is 36.4 Å². The first-order valence-electron chi connectivity index (χ1n) is 6.91. The zero-order chi connectivity index (χ0) is 14.2. The molecule has 0 saturated carbocycles. The van der Waals surface area contributed by atoms with Gasteiger partial charge in [-0.15, -0.1) is 0 Å². The second kappa shape index (κ2) is 4.63. The normalized spacial score (nSPS) is 11.1. The summed E-state index contributed by atoms with van der Waals surface area (Å²) in [5.41, 5.74) is 5.04. The zero-order valence-electron chi connectivity index (χ0n) is 11.6. The third-order valence-corrected chi connectivity index (χ3v) is 3.62. The topological polar surface area (TPSA) is 41.8 Å². The summed E-state index contributed by atoms with van der Waals surface area (Å²) in [6.07, 6.45) is 0. The molecule has 21 heavy (non-hydrogen) atoms. The standard InChI is InChI=1S/C18H14N2O/c1-12-6-8-13(9-7-12)15-11-16(20-19-15)18-10-14-4-2-3-5-17(14)21-18/h2-11H,1H3,(H,19,20). The molecule has 4 aromatic rings. The lowest BCUT2D eigenvalue weighted by Crippen LogP contribution is -1.77. The van der Waals surface area contributed by atoms with Gasteiger partial charge in [0.25, 0.3) is 0 Å². The summed E-state index contributed by atoms with van der Waals surface area (Å²) >= 11 is 0. The molecule has 0 aliphatic heterocycles. The summed E-state index contributed by atoms with van der Waals surface area (Å²) in [6.45, 7) is 2.08. The highest BCUT2D eigenvalue weighted by Gasteiger charge is 2.10. The molecule has 0 fully saturated rings. The van der Waals surface area contributed by atoms with Crippen molar-refractivity contribution in [3.05, 3.63) is 66.2 Å². The van der Waals surface area contributed by atoms with Gasteiger partial charge in [-0.3, -0.25) is 5.10 Å². The van der Waals surface area contributed by atoms with Crippen LogP contribution in [0.25, 0.3) is 33.7 Å². The number of H-pyrrole nitrogens is 1. The number of hydrogen-bond acceptors (Lipinski definition) is 2. The smallest absolute Gasteiger partial charge is 0.153 e. The van der Waals surface area contributed by atoms with Crippen LogP contribution in [0.3, 0.4) is 0 Å². The van der Waals surface area contributed by atoms with E-state index in [0.29, 0.717) is 0 Å². The monoisotopic (exact) mass is 274 g/mol. The van der Waals surface area contributed by atoms with Crippen molar-refractivity contribution in [3.8, 4) is 22.7 Å². The van der Waals surface area contributed by atoms with Crippen molar-refractivity contribution in [3.63, 3.8) is 0 Å². The number of fused-ring (bicyclic) bond motifs is 1. The Bertz CT molecular complexity index is 867. The molecule has 0 saturated heterocycles. The van der Waals surface area contributed by atoms with Gasteiger partial charge in [0.1, 0.15) is 11.3 Å². The number of para-hydroxylation sites is 1. The molecule has 0 radical (unpaired) electrons.